The van der Waals surface area contributed by atoms with Crippen LogP contribution in [-0.4, -0.2) is 52.8 Å². The highest BCUT2D eigenvalue weighted by atomic mass is 16.5. The monoisotopic (exact) mass is 265 g/mol. The molecule has 0 aromatic heterocycles. The van der Waals surface area contributed by atoms with Crippen molar-refractivity contribution >= 4 is 11.9 Å². The Labute approximate surface area is 110 Å². The number of nitrogens with zero attached hydrogens (tertiary/aromatic N) is 1. The van der Waals surface area contributed by atoms with E-state index in [9.17, 15) is 14.7 Å². The number of ether oxygens (including phenoxy) is 1. The topological polar surface area (TPSA) is 87.1 Å². The number of carboxylic acids is 1. The van der Waals surface area contributed by atoms with E-state index >= 15 is 0 Å². The van der Waals surface area contributed by atoms with Crippen LogP contribution in [0, 0.1) is 0 Å². The molecule has 1 aromatic carbocycles. The van der Waals surface area contributed by atoms with Crippen molar-refractivity contribution in [3.63, 3.8) is 0 Å². The van der Waals surface area contributed by atoms with E-state index in [0.29, 0.717) is 5.56 Å². The quantitative estimate of drug-likeness (QED) is 0.805. The van der Waals surface area contributed by atoms with Gasteiger partial charge in [-0.2, -0.15) is 0 Å². The van der Waals surface area contributed by atoms with Crippen LogP contribution in [0.3, 0.4) is 0 Å². The number of carbonyl (C=O) groups excluding carboxylic acids is 1. The van der Waals surface area contributed by atoms with E-state index in [-0.39, 0.29) is 19.7 Å². The molecular weight excluding hydrogens is 250 g/mol. The van der Waals surface area contributed by atoms with E-state index in [0.717, 1.165) is 0 Å². The van der Waals surface area contributed by atoms with Crippen molar-refractivity contribution in [1.29, 1.82) is 0 Å². The van der Waals surface area contributed by atoms with E-state index in [1.54, 1.807) is 30.3 Å². The molecule has 1 aliphatic rings. The van der Waals surface area contributed by atoms with Gasteiger partial charge in [-0.3, -0.25) is 4.79 Å². The first-order valence-corrected chi connectivity index (χ1v) is 5.96. The Morgan fingerprint density at radius 1 is 1.32 bits per heavy atom. The fraction of sp³-hybridized carbons (Fsp3) is 0.385. The summed E-state index contributed by atoms with van der Waals surface area (Å²) in [6.07, 6.45) is -2.30. The molecular formula is C13H15NO5. The van der Waals surface area contributed by atoms with Crippen LogP contribution < -0.4 is 0 Å². The SMILES string of the molecule is O=C(O)C1CN(C(=O)C(O)c2ccccc2)CCO1. The third-order valence-electron chi connectivity index (χ3n) is 3.00. The number of aliphatic hydroxyl groups excluding tert-OH is 1. The Kier molecular flexibility index (Phi) is 4.13. The molecule has 6 heteroatoms. The lowest BCUT2D eigenvalue weighted by Gasteiger charge is -2.32. The van der Waals surface area contributed by atoms with Crippen molar-refractivity contribution < 1.29 is 24.5 Å². The molecule has 102 valence electrons. The highest BCUT2D eigenvalue weighted by molar-refractivity contribution is 5.83. The number of morpholine rings is 1. The molecule has 0 saturated carbocycles. The number of hydrogen-bond acceptors (Lipinski definition) is 4. The molecule has 0 spiro atoms. The van der Waals surface area contributed by atoms with Crippen LogP contribution >= 0.6 is 0 Å². The number of carbonyl (C=O) groups is 2. The summed E-state index contributed by atoms with van der Waals surface area (Å²) in [5.41, 5.74) is 0.492. The Bertz CT molecular complexity index is 461. The van der Waals surface area contributed by atoms with Crippen LogP contribution in [0.1, 0.15) is 11.7 Å². The number of aliphatic carboxylic acids is 1. The zero-order valence-corrected chi connectivity index (χ0v) is 10.2. The molecule has 1 fully saturated rings. The summed E-state index contributed by atoms with van der Waals surface area (Å²) in [6.45, 7) is 0.398. The first-order valence-electron chi connectivity index (χ1n) is 5.96. The number of aliphatic hydroxyl groups is 1. The lowest BCUT2D eigenvalue weighted by Crippen LogP contribution is -2.49. The Morgan fingerprint density at radius 3 is 2.63 bits per heavy atom. The second-order valence-corrected chi connectivity index (χ2v) is 4.30. The van der Waals surface area contributed by atoms with Gasteiger partial charge in [0.05, 0.1) is 13.2 Å². The molecule has 1 aromatic rings. The number of amides is 1. The summed E-state index contributed by atoms with van der Waals surface area (Å²) in [5.74, 6) is -1.60. The Morgan fingerprint density at radius 2 is 2.00 bits per heavy atom. The molecule has 2 N–H and O–H groups in total. The van der Waals surface area contributed by atoms with Crippen LogP contribution in [0.4, 0.5) is 0 Å². The van der Waals surface area contributed by atoms with Gasteiger partial charge in [-0.1, -0.05) is 30.3 Å². The second kappa shape index (κ2) is 5.81. The first-order chi connectivity index (χ1) is 9.09. The molecule has 6 nitrogen and oxygen atoms in total. The Balaban J connectivity index is 2.05. The minimum Gasteiger partial charge on any atom is -0.479 e. The minimum atomic E-state index is -1.27. The minimum absolute atomic E-state index is 0.0436. The van der Waals surface area contributed by atoms with Gasteiger partial charge in [0.15, 0.2) is 12.2 Å². The highest BCUT2D eigenvalue weighted by Crippen LogP contribution is 2.17. The maximum atomic E-state index is 12.1. The summed E-state index contributed by atoms with van der Waals surface area (Å²) in [7, 11) is 0. The van der Waals surface area contributed by atoms with Gasteiger partial charge in [0.1, 0.15) is 0 Å². The molecule has 2 unspecified atom stereocenters. The van der Waals surface area contributed by atoms with E-state index in [2.05, 4.69) is 0 Å². The van der Waals surface area contributed by atoms with Gasteiger partial charge in [-0.05, 0) is 5.56 Å². The molecule has 2 rings (SSSR count). The first kappa shape index (κ1) is 13.5. The van der Waals surface area contributed by atoms with E-state index in [1.165, 1.54) is 4.90 Å². The fourth-order valence-corrected chi connectivity index (χ4v) is 1.95. The smallest absolute Gasteiger partial charge is 0.334 e. The summed E-state index contributed by atoms with van der Waals surface area (Å²) in [6, 6.07) is 8.54. The van der Waals surface area contributed by atoms with E-state index in [4.69, 9.17) is 9.84 Å². The van der Waals surface area contributed by atoms with Crippen LogP contribution in [0.15, 0.2) is 30.3 Å². The van der Waals surface area contributed by atoms with Crippen LogP contribution in [0.5, 0.6) is 0 Å². The molecule has 19 heavy (non-hydrogen) atoms. The van der Waals surface area contributed by atoms with Gasteiger partial charge < -0.3 is 19.8 Å². The average Bonchev–Trinajstić information content (AvgIpc) is 2.46. The van der Waals surface area contributed by atoms with Crippen LogP contribution in [0.2, 0.25) is 0 Å². The largest absolute Gasteiger partial charge is 0.479 e. The van der Waals surface area contributed by atoms with Gasteiger partial charge in [0.25, 0.3) is 5.91 Å². The molecule has 0 radical (unpaired) electrons. The zero-order valence-electron chi connectivity index (χ0n) is 10.2. The van der Waals surface area contributed by atoms with Gasteiger partial charge in [0, 0.05) is 6.54 Å². The predicted octanol–water partition coefficient (Wildman–Crippen LogP) is 0.0320. The van der Waals surface area contributed by atoms with E-state index in [1.807, 2.05) is 0 Å². The number of rotatable bonds is 3. The summed E-state index contributed by atoms with van der Waals surface area (Å²) >= 11 is 0. The molecule has 1 saturated heterocycles. The predicted molar refractivity (Wildman–Crippen MR) is 65.4 cm³/mol. The van der Waals surface area contributed by atoms with Crippen molar-refractivity contribution in [3.8, 4) is 0 Å². The maximum absolute atomic E-state index is 12.1. The van der Waals surface area contributed by atoms with Crippen molar-refractivity contribution in [2.45, 2.75) is 12.2 Å². The number of hydrogen-bond donors (Lipinski definition) is 2. The molecule has 1 amide bonds. The summed E-state index contributed by atoms with van der Waals surface area (Å²) in [5, 5.41) is 18.9. The van der Waals surface area contributed by atoms with Crippen molar-refractivity contribution in [1.82, 2.24) is 4.90 Å². The van der Waals surface area contributed by atoms with Crippen molar-refractivity contribution in [2.75, 3.05) is 19.7 Å². The van der Waals surface area contributed by atoms with Crippen LogP contribution in [-0.2, 0) is 14.3 Å². The maximum Gasteiger partial charge on any atom is 0.334 e. The number of benzene rings is 1. The average molecular weight is 265 g/mol. The third kappa shape index (κ3) is 3.10. The molecule has 1 aliphatic heterocycles. The van der Waals surface area contributed by atoms with Crippen LogP contribution in [0.25, 0.3) is 0 Å². The van der Waals surface area contributed by atoms with Gasteiger partial charge in [-0.15, -0.1) is 0 Å². The normalized spacial score (nSPS) is 20.9. The summed E-state index contributed by atoms with van der Waals surface area (Å²) < 4.78 is 5.03. The lowest BCUT2D eigenvalue weighted by molar-refractivity contribution is -0.162. The van der Waals surface area contributed by atoms with Gasteiger partial charge in [0.2, 0.25) is 0 Å². The van der Waals surface area contributed by atoms with Gasteiger partial charge in [-0.25, -0.2) is 4.79 Å². The lowest BCUT2D eigenvalue weighted by atomic mass is 10.1. The standard InChI is InChI=1S/C13H15NO5/c15-11(9-4-2-1-3-5-9)12(16)14-6-7-19-10(8-14)13(17)18/h1-5,10-11,15H,6-8H2,(H,17,18). The molecule has 1 heterocycles. The second-order valence-electron chi connectivity index (χ2n) is 4.30. The van der Waals surface area contributed by atoms with E-state index < -0.39 is 24.1 Å². The molecule has 0 bridgehead atoms. The summed E-state index contributed by atoms with van der Waals surface area (Å²) in [4.78, 5) is 24.3. The Hall–Kier alpha value is -1.92. The molecule has 0 aliphatic carbocycles. The highest BCUT2D eigenvalue weighted by Gasteiger charge is 2.32. The zero-order chi connectivity index (χ0) is 13.8. The van der Waals surface area contributed by atoms with Gasteiger partial charge >= 0.3 is 5.97 Å². The fourth-order valence-electron chi connectivity index (χ4n) is 1.95. The molecule has 2 atom stereocenters. The number of carboxylic acid groups (broad SMARTS) is 1. The van der Waals surface area contributed by atoms with Crippen molar-refractivity contribution in [3.05, 3.63) is 35.9 Å². The third-order valence-corrected chi connectivity index (χ3v) is 3.00. The van der Waals surface area contributed by atoms with Crippen molar-refractivity contribution in [2.24, 2.45) is 0 Å².